The summed E-state index contributed by atoms with van der Waals surface area (Å²) >= 11 is 0. The van der Waals surface area contributed by atoms with Gasteiger partial charge in [0.1, 0.15) is 0 Å². The van der Waals surface area contributed by atoms with Gasteiger partial charge in [-0.1, -0.05) is 30.7 Å². The van der Waals surface area contributed by atoms with Crippen molar-refractivity contribution in [1.82, 2.24) is 16.0 Å². The van der Waals surface area contributed by atoms with Crippen LogP contribution in [0.15, 0.2) is 18.2 Å². The van der Waals surface area contributed by atoms with Gasteiger partial charge in [0.2, 0.25) is 0 Å². The Bertz CT molecular complexity index is 495. The highest BCUT2D eigenvalue weighted by atomic mass is 16.2. The third-order valence-corrected chi connectivity index (χ3v) is 4.52. The Morgan fingerprint density at radius 1 is 1.32 bits per heavy atom. The Morgan fingerprint density at radius 3 is 2.68 bits per heavy atom. The number of hydrogen-bond donors (Lipinski definition) is 3. The number of carbonyl (C=O) groups excluding carboxylic acids is 1. The first kappa shape index (κ1) is 16.8. The zero-order valence-corrected chi connectivity index (χ0v) is 14.0. The molecule has 0 aromatic heterocycles. The number of urea groups is 1. The first-order valence-electron chi connectivity index (χ1n) is 8.42. The van der Waals surface area contributed by atoms with Gasteiger partial charge in [0.05, 0.1) is 6.04 Å². The van der Waals surface area contributed by atoms with Crippen LogP contribution in [0.25, 0.3) is 0 Å². The molecule has 2 amide bonds. The smallest absolute Gasteiger partial charge is 0.315 e. The minimum absolute atomic E-state index is 0.0506. The number of piperidine rings is 1. The Balaban J connectivity index is 1.87. The zero-order chi connectivity index (χ0) is 15.9. The molecule has 0 saturated carbocycles. The summed E-state index contributed by atoms with van der Waals surface area (Å²) in [6.07, 6.45) is 3.19. The standard InChI is InChI=1S/C18H29N3O/c1-4-17(16-6-5-13(2)11-14(16)3)21-18(22)20-12-15-7-9-19-10-8-15/h5-6,11,15,17,19H,4,7-10,12H2,1-3H3,(H2,20,21,22)/t17-/m1/s1. The number of carbonyl (C=O) groups is 1. The van der Waals surface area contributed by atoms with Crippen LogP contribution in [0.2, 0.25) is 0 Å². The van der Waals surface area contributed by atoms with Crippen LogP contribution in [0, 0.1) is 19.8 Å². The molecule has 0 radical (unpaired) electrons. The normalized spacial score (nSPS) is 17.0. The first-order chi connectivity index (χ1) is 10.6. The predicted octanol–water partition coefficient (Wildman–Crippen LogP) is 3.05. The molecule has 22 heavy (non-hydrogen) atoms. The van der Waals surface area contributed by atoms with Gasteiger partial charge < -0.3 is 16.0 Å². The van der Waals surface area contributed by atoms with E-state index in [0.29, 0.717) is 5.92 Å². The summed E-state index contributed by atoms with van der Waals surface area (Å²) in [5.74, 6) is 0.605. The molecular weight excluding hydrogens is 274 g/mol. The molecule has 4 nitrogen and oxygen atoms in total. The molecule has 2 rings (SSSR count). The van der Waals surface area contributed by atoms with Crippen molar-refractivity contribution in [2.45, 2.75) is 46.1 Å². The van der Waals surface area contributed by atoms with Gasteiger partial charge in [-0.15, -0.1) is 0 Å². The summed E-state index contributed by atoms with van der Waals surface area (Å²) < 4.78 is 0. The molecular formula is C18H29N3O. The molecule has 1 aromatic rings. The van der Waals surface area contributed by atoms with E-state index in [9.17, 15) is 4.79 Å². The summed E-state index contributed by atoms with van der Waals surface area (Å²) in [5, 5.41) is 9.50. The molecule has 122 valence electrons. The van der Waals surface area contributed by atoms with Gasteiger partial charge in [-0.05, 0) is 63.2 Å². The van der Waals surface area contributed by atoms with E-state index < -0.39 is 0 Å². The van der Waals surface area contributed by atoms with Crippen LogP contribution in [-0.4, -0.2) is 25.7 Å². The molecule has 0 aliphatic carbocycles. The zero-order valence-electron chi connectivity index (χ0n) is 14.0. The second-order valence-electron chi connectivity index (χ2n) is 6.37. The van der Waals surface area contributed by atoms with E-state index in [1.54, 1.807) is 0 Å². The molecule has 1 atom stereocenters. The van der Waals surface area contributed by atoms with Crippen LogP contribution >= 0.6 is 0 Å². The van der Waals surface area contributed by atoms with Crippen LogP contribution in [0.4, 0.5) is 4.79 Å². The van der Waals surface area contributed by atoms with Crippen molar-refractivity contribution in [3.63, 3.8) is 0 Å². The summed E-state index contributed by atoms with van der Waals surface area (Å²) in [6, 6.07) is 6.44. The lowest BCUT2D eigenvalue weighted by Gasteiger charge is -2.24. The van der Waals surface area contributed by atoms with Crippen LogP contribution < -0.4 is 16.0 Å². The molecule has 1 aliphatic rings. The number of aryl methyl sites for hydroxylation is 2. The average Bonchev–Trinajstić information content (AvgIpc) is 2.52. The molecule has 1 aromatic carbocycles. The maximum absolute atomic E-state index is 12.2. The highest BCUT2D eigenvalue weighted by Gasteiger charge is 2.17. The number of benzene rings is 1. The van der Waals surface area contributed by atoms with Crippen molar-refractivity contribution >= 4 is 6.03 Å². The topological polar surface area (TPSA) is 53.2 Å². The van der Waals surface area contributed by atoms with Crippen molar-refractivity contribution < 1.29 is 4.79 Å². The first-order valence-corrected chi connectivity index (χ1v) is 8.42. The van der Waals surface area contributed by atoms with E-state index in [2.05, 4.69) is 54.9 Å². The van der Waals surface area contributed by atoms with Crippen LogP contribution in [0.1, 0.15) is 48.9 Å². The average molecular weight is 303 g/mol. The third kappa shape index (κ3) is 4.73. The van der Waals surface area contributed by atoms with Crippen molar-refractivity contribution in [2.24, 2.45) is 5.92 Å². The molecule has 1 aliphatic heterocycles. The van der Waals surface area contributed by atoms with E-state index in [-0.39, 0.29) is 12.1 Å². The molecule has 1 fully saturated rings. The van der Waals surface area contributed by atoms with Crippen LogP contribution in [-0.2, 0) is 0 Å². The minimum Gasteiger partial charge on any atom is -0.338 e. The monoisotopic (exact) mass is 303 g/mol. The fourth-order valence-electron chi connectivity index (χ4n) is 3.15. The van der Waals surface area contributed by atoms with Crippen molar-refractivity contribution in [3.8, 4) is 0 Å². The van der Waals surface area contributed by atoms with E-state index in [1.807, 2.05) is 0 Å². The van der Waals surface area contributed by atoms with Crippen LogP contribution in [0.3, 0.4) is 0 Å². The summed E-state index contributed by atoms with van der Waals surface area (Å²) in [6.45, 7) is 9.21. The highest BCUT2D eigenvalue weighted by molar-refractivity contribution is 5.74. The number of hydrogen-bond acceptors (Lipinski definition) is 2. The molecule has 3 N–H and O–H groups in total. The lowest BCUT2D eigenvalue weighted by Crippen LogP contribution is -2.42. The van der Waals surface area contributed by atoms with Crippen LogP contribution in [0.5, 0.6) is 0 Å². The maximum Gasteiger partial charge on any atom is 0.315 e. The number of amides is 2. The van der Waals surface area contributed by atoms with E-state index in [4.69, 9.17) is 0 Å². The molecule has 1 saturated heterocycles. The fraction of sp³-hybridized carbons (Fsp3) is 0.611. The summed E-state index contributed by atoms with van der Waals surface area (Å²) in [4.78, 5) is 12.2. The molecule has 0 unspecified atom stereocenters. The Labute approximate surface area is 134 Å². The van der Waals surface area contributed by atoms with Crippen molar-refractivity contribution in [3.05, 3.63) is 34.9 Å². The quantitative estimate of drug-likeness (QED) is 0.783. The van der Waals surface area contributed by atoms with Crippen molar-refractivity contribution in [2.75, 3.05) is 19.6 Å². The second-order valence-corrected chi connectivity index (χ2v) is 6.37. The van der Waals surface area contributed by atoms with Gasteiger partial charge >= 0.3 is 6.03 Å². The fourth-order valence-corrected chi connectivity index (χ4v) is 3.15. The molecule has 0 bridgehead atoms. The van der Waals surface area contributed by atoms with Gasteiger partial charge in [0, 0.05) is 6.54 Å². The molecule has 1 heterocycles. The van der Waals surface area contributed by atoms with Gasteiger partial charge in [-0.3, -0.25) is 0 Å². The van der Waals surface area contributed by atoms with Gasteiger partial charge in [-0.25, -0.2) is 4.79 Å². The van der Waals surface area contributed by atoms with Crippen molar-refractivity contribution in [1.29, 1.82) is 0 Å². The maximum atomic E-state index is 12.2. The second kappa shape index (κ2) is 8.18. The molecule has 0 spiro atoms. The van der Waals surface area contributed by atoms with E-state index in [1.165, 1.54) is 16.7 Å². The number of nitrogens with one attached hydrogen (secondary N) is 3. The number of rotatable bonds is 5. The lowest BCUT2D eigenvalue weighted by atomic mass is 9.97. The largest absolute Gasteiger partial charge is 0.338 e. The predicted molar refractivity (Wildman–Crippen MR) is 91.1 cm³/mol. The van der Waals surface area contributed by atoms with Gasteiger partial charge in [-0.2, -0.15) is 0 Å². The third-order valence-electron chi connectivity index (χ3n) is 4.52. The minimum atomic E-state index is -0.0506. The Morgan fingerprint density at radius 2 is 2.05 bits per heavy atom. The molecule has 4 heteroatoms. The SMILES string of the molecule is CC[C@@H](NC(=O)NCC1CCNCC1)c1ccc(C)cc1C. The highest BCUT2D eigenvalue weighted by Crippen LogP contribution is 2.21. The lowest BCUT2D eigenvalue weighted by molar-refractivity contribution is 0.232. The van der Waals surface area contributed by atoms with Gasteiger partial charge in [0.15, 0.2) is 0 Å². The Hall–Kier alpha value is -1.55. The van der Waals surface area contributed by atoms with E-state index >= 15 is 0 Å². The summed E-state index contributed by atoms with van der Waals surface area (Å²) in [5.41, 5.74) is 3.71. The van der Waals surface area contributed by atoms with Gasteiger partial charge in [0.25, 0.3) is 0 Å². The summed E-state index contributed by atoms with van der Waals surface area (Å²) in [7, 11) is 0. The Kier molecular flexibility index (Phi) is 6.25. The van der Waals surface area contributed by atoms with E-state index in [0.717, 1.165) is 38.9 Å².